The molecule has 0 N–H and O–H groups in total. The van der Waals surface area contributed by atoms with Gasteiger partial charge in [-0.25, -0.2) is 4.39 Å². The largest absolute Gasteiger partial charge is 0.452 e. The van der Waals surface area contributed by atoms with Crippen LogP contribution in [0.15, 0.2) is 24.3 Å². The summed E-state index contributed by atoms with van der Waals surface area (Å²) in [6.07, 6.45) is 8.38. The van der Waals surface area contributed by atoms with E-state index in [0.717, 1.165) is 12.8 Å². The maximum absolute atomic E-state index is 13.3. The van der Waals surface area contributed by atoms with Gasteiger partial charge in [0.1, 0.15) is 5.82 Å². The lowest BCUT2D eigenvalue weighted by atomic mass is 9.79. The van der Waals surface area contributed by atoms with Crippen LogP contribution in [0.2, 0.25) is 0 Å². The average Bonchev–Trinajstić information content (AvgIpc) is 2.86. The fourth-order valence-electron chi connectivity index (χ4n) is 2.62. The van der Waals surface area contributed by atoms with Gasteiger partial charge in [0.2, 0.25) is 0 Å². The van der Waals surface area contributed by atoms with Crippen LogP contribution in [0.3, 0.4) is 0 Å². The molecule has 0 radical (unpaired) electrons. The Bertz CT molecular complexity index is 482. The first-order valence-corrected chi connectivity index (χ1v) is 6.06. The van der Waals surface area contributed by atoms with Crippen LogP contribution in [-0.4, -0.2) is 12.6 Å². The lowest BCUT2D eigenvalue weighted by Crippen LogP contribution is -2.35. The van der Waals surface area contributed by atoms with Crippen molar-refractivity contribution in [1.82, 2.24) is 0 Å². The molecule has 0 amide bonds. The van der Waals surface area contributed by atoms with E-state index in [4.69, 9.17) is 11.2 Å². The second-order valence-corrected chi connectivity index (χ2v) is 4.58. The van der Waals surface area contributed by atoms with Gasteiger partial charge in [0.05, 0.1) is 5.41 Å². The van der Waals surface area contributed by atoms with Gasteiger partial charge in [-0.1, -0.05) is 30.9 Å². The van der Waals surface area contributed by atoms with Crippen molar-refractivity contribution in [1.29, 1.82) is 0 Å². The van der Waals surface area contributed by atoms with Crippen LogP contribution in [0.1, 0.15) is 31.2 Å². The minimum absolute atomic E-state index is 0.0318. The SMILES string of the molecule is C#CCOC(=O)C1(c2cccc(F)c2)CCCC1. The van der Waals surface area contributed by atoms with Gasteiger partial charge in [-0.05, 0) is 30.5 Å². The molecule has 1 fully saturated rings. The number of rotatable bonds is 3. The number of hydrogen-bond acceptors (Lipinski definition) is 2. The van der Waals surface area contributed by atoms with Crippen molar-refractivity contribution in [3.8, 4) is 12.3 Å². The van der Waals surface area contributed by atoms with E-state index in [0.29, 0.717) is 18.4 Å². The number of carbonyl (C=O) groups excluding carboxylic acids is 1. The predicted octanol–water partition coefficient (Wildman–Crippen LogP) is 2.81. The second kappa shape index (κ2) is 5.22. The number of ether oxygens (including phenoxy) is 1. The first-order chi connectivity index (χ1) is 8.69. The summed E-state index contributed by atoms with van der Waals surface area (Å²) in [6, 6.07) is 6.20. The van der Waals surface area contributed by atoms with Crippen molar-refractivity contribution in [3.63, 3.8) is 0 Å². The molecule has 0 spiro atoms. The molecule has 2 rings (SSSR count). The smallest absolute Gasteiger partial charge is 0.317 e. The van der Waals surface area contributed by atoms with E-state index in [1.54, 1.807) is 12.1 Å². The molecule has 1 aliphatic rings. The highest BCUT2D eigenvalue weighted by Gasteiger charge is 2.44. The maximum atomic E-state index is 13.3. The third-order valence-corrected chi connectivity index (χ3v) is 3.51. The molecule has 0 saturated heterocycles. The van der Waals surface area contributed by atoms with E-state index in [2.05, 4.69) is 5.92 Å². The Morgan fingerprint density at radius 3 is 2.78 bits per heavy atom. The molecule has 0 aliphatic heterocycles. The number of carbonyl (C=O) groups is 1. The average molecular weight is 246 g/mol. The quantitative estimate of drug-likeness (QED) is 0.605. The molecular weight excluding hydrogens is 231 g/mol. The topological polar surface area (TPSA) is 26.3 Å². The third kappa shape index (κ3) is 2.24. The Balaban J connectivity index is 2.33. The van der Waals surface area contributed by atoms with Crippen molar-refractivity contribution in [2.24, 2.45) is 0 Å². The summed E-state index contributed by atoms with van der Waals surface area (Å²) >= 11 is 0. The number of terminal acetylenes is 1. The summed E-state index contributed by atoms with van der Waals surface area (Å²) in [5.41, 5.74) is -0.0131. The van der Waals surface area contributed by atoms with Crippen molar-refractivity contribution >= 4 is 5.97 Å². The first kappa shape index (κ1) is 12.6. The standard InChI is InChI=1S/C15H15FO2/c1-2-10-18-14(17)15(8-3-4-9-15)12-6-5-7-13(16)11-12/h1,5-7,11H,3-4,8-10H2. The van der Waals surface area contributed by atoms with Gasteiger partial charge in [-0.2, -0.15) is 0 Å². The Morgan fingerprint density at radius 2 is 2.17 bits per heavy atom. The van der Waals surface area contributed by atoms with Gasteiger partial charge in [-0.3, -0.25) is 4.79 Å². The third-order valence-electron chi connectivity index (χ3n) is 3.51. The van der Waals surface area contributed by atoms with E-state index < -0.39 is 5.41 Å². The van der Waals surface area contributed by atoms with E-state index in [1.807, 2.05) is 0 Å². The van der Waals surface area contributed by atoms with Crippen LogP contribution in [0, 0.1) is 18.2 Å². The molecule has 1 aromatic rings. The van der Waals surface area contributed by atoms with Gasteiger partial charge in [-0.15, -0.1) is 6.42 Å². The molecule has 1 aliphatic carbocycles. The van der Waals surface area contributed by atoms with Gasteiger partial charge in [0, 0.05) is 0 Å². The van der Waals surface area contributed by atoms with Crippen molar-refractivity contribution in [2.45, 2.75) is 31.1 Å². The molecule has 1 aromatic carbocycles. The highest BCUT2D eigenvalue weighted by Crippen LogP contribution is 2.42. The maximum Gasteiger partial charge on any atom is 0.317 e. The zero-order chi connectivity index (χ0) is 13.0. The summed E-state index contributed by atoms with van der Waals surface area (Å²) in [5.74, 6) is 1.62. The predicted molar refractivity (Wildman–Crippen MR) is 66.3 cm³/mol. The second-order valence-electron chi connectivity index (χ2n) is 4.58. The highest BCUT2D eigenvalue weighted by molar-refractivity contribution is 5.83. The summed E-state index contributed by atoms with van der Waals surface area (Å²) < 4.78 is 18.4. The minimum Gasteiger partial charge on any atom is -0.452 e. The monoisotopic (exact) mass is 246 g/mol. The molecule has 1 saturated carbocycles. The summed E-state index contributed by atoms with van der Waals surface area (Å²) in [6.45, 7) is -0.0318. The molecule has 2 nitrogen and oxygen atoms in total. The van der Waals surface area contributed by atoms with Crippen LogP contribution in [0.4, 0.5) is 4.39 Å². The van der Waals surface area contributed by atoms with Gasteiger partial charge >= 0.3 is 5.97 Å². The molecule has 0 heterocycles. The Morgan fingerprint density at radius 1 is 1.44 bits per heavy atom. The molecule has 0 atom stereocenters. The summed E-state index contributed by atoms with van der Waals surface area (Å²) in [5, 5.41) is 0. The molecule has 94 valence electrons. The molecular formula is C15H15FO2. The van der Waals surface area contributed by atoms with E-state index in [-0.39, 0.29) is 18.4 Å². The van der Waals surface area contributed by atoms with Crippen LogP contribution in [0.25, 0.3) is 0 Å². The van der Waals surface area contributed by atoms with Crippen molar-refractivity contribution < 1.29 is 13.9 Å². The van der Waals surface area contributed by atoms with Gasteiger partial charge in [0.25, 0.3) is 0 Å². The lowest BCUT2D eigenvalue weighted by Gasteiger charge is -2.26. The van der Waals surface area contributed by atoms with Crippen molar-refractivity contribution in [2.75, 3.05) is 6.61 Å². The van der Waals surface area contributed by atoms with E-state index in [9.17, 15) is 9.18 Å². The van der Waals surface area contributed by atoms with E-state index >= 15 is 0 Å². The summed E-state index contributed by atoms with van der Waals surface area (Å²) in [4.78, 5) is 12.2. The Labute approximate surface area is 106 Å². The van der Waals surface area contributed by atoms with Crippen molar-refractivity contribution in [3.05, 3.63) is 35.6 Å². The lowest BCUT2D eigenvalue weighted by molar-refractivity contribution is -0.149. The number of hydrogen-bond donors (Lipinski definition) is 0. The number of halogens is 1. The highest BCUT2D eigenvalue weighted by atomic mass is 19.1. The summed E-state index contributed by atoms with van der Waals surface area (Å²) in [7, 11) is 0. The number of esters is 1. The van der Waals surface area contributed by atoms with E-state index in [1.165, 1.54) is 12.1 Å². The minimum atomic E-state index is -0.709. The number of benzene rings is 1. The van der Waals surface area contributed by atoms with Gasteiger partial charge < -0.3 is 4.74 Å². The Hall–Kier alpha value is -1.82. The fraction of sp³-hybridized carbons (Fsp3) is 0.400. The molecule has 0 aromatic heterocycles. The normalized spacial score (nSPS) is 17.1. The van der Waals surface area contributed by atoms with Crippen LogP contribution in [0.5, 0.6) is 0 Å². The molecule has 0 unspecified atom stereocenters. The zero-order valence-corrected chi connectivity index (χ0v) is 10.1. The van der Waals surface area contributed by atoms with Crippen LogP contribution < -0.4 is 0 Å². The van der Waals surface area contributed by atoms with Gasteiger partial charge in [0.15, 0.2) is 6.61 Å². The molecule has 18 heavy (non-hydrogen) atoms. The fourth-order valence-corrected chi connectivity index (χ4v) is 2.62. The zero-order valence-electron chi connectivity index (χ0n) is 10.1. The first-order valence-electron chi connectivity index (χ1n) is 6.06. The van der Waals surface area contributed by atoms with Crippen LogP contribution >= 0.6 is 0 Å². The van der Waals surface area contributed by atoms with Crippen LogP contribution in [-0.2, 0) is 14.9 Å². The molecule has 0 bridgehead atoms. The molecule has 3 heteroatoms. The Kier molecular flexibility index (Phi) is 3.66.